The van der Waals surface area contributed by atoms with Gasteiger partial charge in [0, 0.05) is 11.4 Å². The predicted octanol–water partition coefficient (Wildman–Crippen LogP) is 3.91. The van der Waals surface area contributed by atoms with Crippen LogP contribution >= 0.6 is 11.8 Å². The average molecular weight is 361 g/mol. The predicted molar refractivity (Wildman–Crippen MR) is 83.7 cm³/mol. The Kier molecular flexibility index (Phi) is 5.38. The Morgan fingerprint density at radius 1 is 1.09 bits per heavy atom. The van der Waals surface area contributed by atoms with Gasteiger partial charge in [0.1, 0.15) is 0 Å². The molecule has 0 saturated heterocycles. The number of sulfonamides is 1. The van der Waals surface area contributed by atoms with Crippen LogP contribution in [0.25, 0.3) is 0 Å². The van der Waals surface area contributed by atoms with Crippen LogP contribution in [0.15, 0.2) is 58.3 Å². The van der Waals surface area contributed by atoms with Crippen LogP contribution < -0.4 is 4.72 Å². The Labute approximate surface area is 137 Å². The van der Waals surface area contributed by atoms with Gasteiger partial charge in [-0.25, -0.2) is 13.1 Å². The zero-order chi connectivity index (χ0) is 17.1. The van der Waals surface area contributed by atoms with Crippen LogP contribution in [0.1, 0.15) is 11.1 Å². The highest BCUT2D eigenvalue weighted by molar-refractivity contribution is 7.98. The van der Waals surface area contributed by atoms with E-state index in [9.17, 15) is 21.6 Å². The van der Waals surface area contributed by atoms with Gasteiger partial charge in [0.05, 0.1) is 10.5 Å². The van der Waals surface area contributed by atoms with Crippen LogP contribution in [-0.4, -0.2) is 14.7 Å². The second kappa shape index (κ2) is 6.94. The van der Waals surface area contributed by atoms with Gasteiger partial charge in [-0.05, 0) is 42.2 Å². The quantitative estimate of drug-likeness (QED) is 0.822. The third-order valence-corrected chi connectivity index (χ3v) is 5.25. The largest absolute Gasteiger partial charge is 0.416 e. The molecule has 0 amide bonds. The van der Waals surface area contributed by atoms with Crippen molar-refractivity contribution in [2.24, 2.45) is 0 Å². The molecule has 124 valence electrons. The van der Waals surface area contributed by atoms with Gasteiger partial charge in [-0.3, -0.25) is 0 Å². The van der Waals surface area contributed by atoms with E-state index in [-0.39, 0.29) is 17.0 Å². The van der Waals surface area contributed by atoms with Gasteiger partial charge in [0.15, 0.2) is 0 Å². The number of halogens is 3. The van der Waals surface area contributed by atoms with Gasteiger partial charge in [0.2, 0.25) is 10.0 Å². The first-order valence-electron chi connectivity index (χ1n) is 6.52. The highest BCUT2D eigenvalue weighted by Crippen LogP contribution is 2.29. The number of hydrogen-bond acceptors (Lipinski definition) is 3. The Morgan fingerprint density at radius 3 is 2.30 bits per heavy atom. The van der Waals surface area contributed by atoms with Gasteiger partial charge in [-0.1, -0.05) is 18.2 Å². The third-order valence-electron chi connectivity index (χ3n) is 3.09. The summed E-state index contributed by atoms with van der Waals surface area (Å²) >= 11 is 1.48. The molecule has 2 rings (SSSR count). The number of thioether (sulfide) groups is 1. The maximum atomic E-state index is 12.6. The van der Waals surface area contributed by atoms with E-state index >= 15 is 0 Å². The van der Waals surface area contributed by atoms with E-state index in [2.05, 4.69) is 4.72 Å². The van der Waals surface area contributed by atoms with E-state index in [4.69, 9.17) is 0 Å². The number of benzene rings is 2. The minimum Gasteiger partial charge on any atom is -0.207 e. The summed E-state index contributed by atoms with van der Waals surface area (Å²) in [5.74, 6) is 0. The molecule has 0 radical (unpaired) electrons. The molecule has 0 aliphatic heterocycles. The molecule has 0 unspecified atom stereocenters. The van der Waals surface area contributed by atoms with E-state index < -0.39 is 21.8 Å². The van der Waals surface area contributed by atoms with Crippen molar-refractivity contribution in [1.82, 2.24) is 4.72 Å². The topological polar surface area (TPSA) is 46.2 Å². The first kappa shape index (κ1) is 17.8. The van der Waals surface area contributed by atoms with E-state index in [0.29, 0.717) is 0 Å². The molecule has 23 heavy (non-hydrogen) atoms. The lowest BCUT2D eigenvalue weighted by Gasteiger charge is -2.10. The summed E-state index contributed by atoms with van der Waals surface area (Å²) in [5, 5.41) is 0. The summed E-state index contributed by atoms with van der Waals surface area (Å²) in [5.41, 5.74) is -0.567. The molecule has 0 fully saturated rings. The minimum absolute atomic E-state index is 0.0716. The Balaban J connectivity index is 2.13. The van der Waals surface area contributed by atoms with Gasteiger partial charge >= 0.3 is 6.18 Å². The van der Waals surface area contributed by atoms with Crippen molar-refractivity contribution >= 4 is 21.8 Å². The standard InChI is InChI=1S/C15H14F3NO2S2/c1-22-13-5-7-14(8-6-13)23(20,21)19-10-11-3-2-4-12(9-11)15(16,17)18/h2-9,19H,10H2,1H3. The van der Waals surface area contributed by atoms with E-state index in [1.54, 1.807) is 12.1 Å². The molecule has 2 aromatic rings. The highest BCUT2D eigenvalue weighted by Gasteiger charge is 2.30. The number of nitrogens with one attached hydrogen (secondary N) is 1. The fraction of sp³-hybridized carbons (Fsp3) is 0.200. The number of alkyl halides is 3. The molecule has 0 aromatic heterocycles. The molecule has 1 N–H and O–H groups in total. The van der Waals surface area contributed by atoms with Crippen molar-refractivity contribution in [3.8, 4) is 0 Å². The highest BCUT2D eigenvalue weighted by atomic mass is 32.2. The molecule has 0 atom stereocenters. The molecular formula is C15H14F3NO2S2. The van der Waals surface area contributed by atoms with Crippen LogP contribution in [0.3, 0.4) is 0 Å². The molecule has 8 heteroatoms. The van der Waals surface area contributed by atoms with Crippen molar-refractivity contribution in [3.05, 3.63) is 59.7 Å². The minimum atomic E-state index is -4.46. The van der Waals surface area contributed by atoms with Crippen molar-refractivity contribution in [1.29, 1.82) is 0 Å². The summed E-state index contributed by atoms with van der Waals surface area (Å²) in [6.45, 7) is -0.212. The van der Waals surface area contributed by atoms with Crippen molar-refractivity contribution in [3.63, 3.8) is 0 Å². The lowest BCUT2D eigenvalue weighted by molar-refractivity contribution is -0.137. The lowest BCUT2D eigenvalue weighted by Crippen LogP contribution is -2.23. The smallest absolute Gasteiger partial charge is 0.207 e. The van der Waals surface area contributed by atoms with Crippen molar-refractivity contribution in [2.75, 3.05) is 6.26 Å². The van der Waals surface area contributed by atoms with Crippen LogP contribution in [0.5, 0.6) is 0 Å². The molecular weight excluding hydrogens is 347 g/mol. The molecule has 0 spiro atoms. The Bertz CT molecular complexity index is 772. The van der Waals surface area contributed by atoms with Crippen LogP contribution in [0.4, 0.5) is 13.2 Å². The first-order valence-corrected chi connectivity index (χ1v) is 9.23. The second-order valence-electron chi connectivity index (χ2n) is 4.70. The number of hydrogen-bond donors (Lipinski definition) is 1. The fourth-order valence-electron chi connectivity index (χ4n) is 1.87. The third kappa shape index (κ3) is 4.73. The SMILES string of the molecule is CSc1ccc(S(=O)(=O)NCc2cccc(C(F)(F)F)c2)cc1. The molecule has 3 nitrogen and oxygen atoms in total. The summed E-state index contributed by atoms with van der Waals surface area (Å²) < 4.78 is 64.5. The van der Waals surface area contributed by atoms with E-state index in [0.717, 1.165) is 17.0 Å². The van der Waals surface area contributed by atoms with Crippen LogP contribution in [0, 0.1) is 0 Å². The number of rotatable bonds is 5. The summed E-state index contributed by atoms with van der Waals surface area (Å²) in [7, 11) is -3.77. The normalized spacial score (nSPS) is 12.3. The maximum Gasteiger partial charge on any atom is 0.416 e. The Morgan fingerprint density at radius 2 is 1.74 bits per heavy atom. The average Bonchev–Trinajstić information content (AvgIpc) is 2.52. The van der Waals surface area contributed by atoms with Crippen LogP contribution in [0.2, 0.25) is 0 Å². The molecule has 0 saturated carbocycles. The molecule has 0 aliphatic carbocycles. The lowest BCUT2D eigenvalue weighted by atomic mass is 10.1. The fourth-order valence-corrected chi connectivity index (χ4v) is 3.30. The summed E-state index contributed by atoms with van der Waals surface area (Å²) in [6.07, 6.45) is -2.59. The van der Waals surface area contributed by atoms with E-state index in [1.165, 1.54) is 36.0 Å². The molecule has 0 aliphatic rings. The first-order chi connectivity index (χ1) is 10.7. The molecule has 0 bridgehead atoms. The van der Waals surface area contributed by atoms with Gasteiger partial charge in [0.25, 0.3) is 0 Å². The second-order valence-corrected chi connectivity index (χ2v) is 7.34. The van der Waals surface area contributed by atoms with Crippen molar-refractivity contribution in [2.45, 2.75) is 22.5 Å². The Hall–Kier alpha value is -1.51. The van der Waals surface area contributed by atoms with Gasteiger partial charge < -0.3 is 0 Å². The van der Waals surface area contributed by atoms with Crippen LogP contribution in [-0.2, 0) is 22.7 Å². The van der Waals surface area contributed by atoms with Gasteiger partial charge in [-0.2, -0.15) is 13.2 Å². The summed E-state index contributed by atoms with van der Waals surface area (Å²) in [4.78, 5) is 0.990. The molecule has 2 aromatic carbocycles. The maximum absolute atomic E-state index is 12.6. The zero-order valence-corrected chi connectivity index (χ0v) is 13.7. The summed E-state index contributed by atoms with van der Waals surface area (Å²) in [6, 6.07) is 10.8. The van der Waals surface area contributed by atoms with Crippen molar-refractivity contribution < 1.29 is 21.6 Å². The monoisotopic (exact) mass is 361 g/mol. The zero-order valence-electron chi connectivity index (χ0n) is 12.1. The molecule has 0 heterocycles. The van der Waals surface area contributed by atoms with E-state index in [1.807, 2.05) is 6.26 Å². The van der Waals surface area contributed by atoms with Gasteiger partial charge in [-0.15, -0.1) is 11.8 Å².